The minimum atomic E-state index is -0.356. The van der Waals surface area contributed by atoms with Crippen LogP contribution in [0.5, 0.6) is 0 Å². The van der Waals surface area contributed by atoms with E-state index in [4.69, 9.17) is 16.6 Å². The van der Waals surface area contributed by atoms with Crippen molar-refractivity contribution in [3.63, 3.8) is 0 Å². The third-order valence-corrected chi connectivity index (χ3v) is 5.87. The largest absolute Gasteiger partial charge is 0.322 e. The van der Waals surface area contributed by atoms with Gasteiger partial charge in [0.25, 0.3) is 5.56 Å². The van der Waals surface area contributed by atoms with Gasteiger partial charge < -0.3 is 10.2 Å². The minimum Gasteiger partial charge on any atom is -0.315 e. The van der Waals surface area contributed by atoms with E-state index in [9.17, 15) is 9.59 Å². The van der Waals surface area contributed by atoms with Crippen LogP contribution in [0.25, 0.3) is 10.9 Å². The number of amides is 2. The summed E-state index contributed by atoms with van der Waals surface area (Å²) >= 11 is 6.15. The van der Waals surface area contributed by atoms with Crippen LogP contribution in [0, 0.1) is 13.8 Å². The van der Waals surface area contributed by atoms with Gasteiger partial charge in [-0.25, -0.2) is 9.78 Å². The lowest BCUT2D eigenvalue weighted by Crippen LogP contribution is -2.41. The molecule has 3 aromatic rings. The highest BCUT2D eigenvalue weighted by molar-refractivity contribution is 6.31. The lowest BCUT2D eigenvalue weighted by molar-refractivity contribution is 0.184. The zero-order valence-corrected chi connectivity index (χ0v) is 19.5. The highest BCUT2D eigenvalue weighted by Gasteiger charge is 2.27. The highest BCUT2D eigenvalue weighted by Crippen LogP contribution is 2.27. The van der Waals surface area contributed by atoms with Crippen molar-refractivity contribution in [1.82, 2.24) is 14.5 Å². The quantitative estimate of drug-likeness (QED) is 0.535. The number of halogens is 1. The lowest BCUT2D eigenvalue weighted by atomic mass is 10.1. The van der Waals surface area contributed by atoms with Crippen LogP contribution in [-0.4, -0.2) is 27.0 Å². The number of aromatic nitrogens is 2. The van der Waals surface area contributed by atoms with Crippen LogP contribution in [-0.2, 0) is 6.54 Å². The molecule has 2 aromatic carbocycles. The van der Waals surface area contributed by atoms with E-state index in [2.05, 4.69) is 5.32 Å². The fourth-order valence-electron chi connectivity index (χ4n) is 4.01. The maximum Gasteiger partial charge on any atom is 0.322 e. The Hall–Kier alpha value is -2.86. The molecule has 6 nitrogen and oxygen atoms in total. The van der Waals surface area contributed by atoms with Crippen LogP contribution in [0.4, 0.5) is 10.5 Å². The first-order valence-electron chi connectivity index (χ1n) is 10.7. The zero-order valence-electron chi connectivity index (χ0n) is 18.7. The van der Waals surface area contributed by atoms with Gasteiger partial charge in [-0.1, -0.05) is 36.7 Å². The number of carbonyl (C=O) groups is 1. The molecule has 0 fully saturated rings. The second kappa shape index (κ2) is 9.52. The molecule has 1 N–H and O–H groups in total. The van der Waals surface area contributed by atoms with E-state index in [1.54, 1.807) is 27.7 Å². The fourth-order valence-corrected chi connectivity index (χ4v) is 4.18. The Bertz CT molecular complexity index is 1150. The summed E-state index contributed by atoms with van der Waals surface area (Å²) < 4.78 is 1.65. The van der Waals surface area contributed by atoms with E-state index in [1.807, 2.05) is 52.8 Å². The number of rotatable bonds is 6. The van der Waals surface area contributed by atoms with Crippen molar-refractivity contribution in [2.75, 3.05) is 11.9 Å². The summed E-state index contributed by atoms with van der Waals surface area (Å²) in [6, 6.07) is 10.4. The molecule has 0 saturated carbocycles. The fraction of sp³-hybridized carbons (Fsp3) is 0.375. The van der Waals surface area contributed by atoms with E-state index in [0.29, 0.717) is 41.3 Å². The monoisotopic (exact) mass is 440 g/mol. The van der Waals surface area contributed by atoms with Crippen molar-refractivity contribution in [3.05, 3.63) is 68.7 Å². The number of hydrogen-bond donors (Lipinski definition) is 1. The maximum absolute atomic E-state index is 13.3. The third-order valence-electron chi connectivity index (χ3n) is 5.64. The second-order valence-corrected chi connectivity index (χ2v) is 8.02. The summed E-state index contributed by atoms with van der Waals surface area (Å²) in [5.41, 5.74) is 3.24. The molecule has 3 rings (SSSR count). The molecule has 1 heterocycles. The molecule has 2 amide bonds. The van der Waals surface area contributed by atoms with E-state index in [1.165, 1.54) is 0 Å². The number of fused-ring (bicyclic) bond motifs is 1. The van der Waals surface area contributed by atoms with Crippen LogP contribution in [0.3, 0.4) is 0 Å². The number of urea groups is 1. The molecule has 0 aliphatic rings. The van der Waals surface area contributed by atoms with Gasteiger partial charge in [0.2, 0.25) is 0 Å². The number of aryl methyl sites for hydroxylation is 2. The van der Waals surface area contributed by atoms with Gasteiger partial charge in [0, 0.05) is 23.8 Å². The summed E-state index contributed by atoms with van der Waals surface area (Å²) in [4.78, 5) is 33.0. The first kappa shape index (κ1) is 22.8. The van der Waals surface area contributed by atoms with E-state index < -0.39 is 0 Å². The van der Waals surface area contributed by atoms with E-state index >= 15 is 0 Å². The molecule has 7 heteroatoms. The Balaban J connectivity index is 2.07. The van der Waals surface area contributed by atoms with Crippen molar-refractivity contribution in [2.45, 2.75) is 53.6 Å². The van der Waals surface area contributed by atoms with Crippen LogP contribution < -0.4 is 10.9 Å². The van der Waals surface area contributed by atoms with Crippen molar-refractivity contribution >= 4 is 34.2 Å². The number of hydrogen-bond acceptors (Lipinski definition) is 3. The van der Waals surface area contributed by atoms with Gasteiger partial charge >= 0.3 is 6.03 Å². The Labute approximate surface area is 187 Å². The number of anilines is 1. The second-order valence-electron chi connectivity index (χ2n) is 7.59. The first-order chi connectivity index (χ1) is 14.8. The van der Waals surface area contributed by atoms with E-state index in [-0.39, 0.29) is 17.6 Å². The number of benzene rings is 2. The molecule has 0 saturated heterocycles. The minimum absolute atomic E-state index is 0.121. The summed E-state index contributed by atoms with van der Waals surface area (Å²) in [5.74, 6) is 0.572. The molecule has 164 valence electrons. The van der Waals surface area contributed by atoms with Gasteiger partial charge in [-0.2, -0.15) is 0 Å². The van der Waals surface area contributed by atoms with Gasteiger partial charge in [-0.3, -0.25) is 9.36 Å². The van der Waals surface area contributed by atoms with Crippen LogP contribution in [0.2, 0.25) is 5.02 Å². The predicted molar refractivity (Wildman–Crippen MR) is 127 cm³/mol. The Kier molecular flexibility index (Phi) is 7.01. The van der Waals surface area contributed by atoms with Crippen LogP contribution in [0.1, 0.15) is 50.2 Å². The molecule has 1 unspecified atom stereocenters. The first-order valence-corrected chi connectivity index (χ1v) is 11.0. The van der Waals surface area contributed by atoms with Gasteiger partial charge in [-0.15, -0.1) is 0 Å². The van der Waals surface area contributed by atoms with Gasteiger partial charge in [0.05, 0.1) is 16.9 Å². The molecular formula is C24H29ClN4O2. The Morgan fingerprint density at radius 1 is 1.16 bits per heavy atom. The van der Waals surface area contributed by atoms with Gasteiger partial charge in [-0.05, 0) is 63.4 Å². The van der Waals surface area contributed by atoms with Crippen molar-refractivity contribution in [2.24, 2.45) is 0 Å². The molecule has 0 bridgehead atoms. The summed E-state index contributed by atoms with van der Waals surface area (Å²) in [7, 11) is 0. The third kappa shape index (κ3) is 4.44. The molecular weight excluding hydrogens is 412 g/mol. The van der Waals surface area contributed by atoms with Crippen LogP contribution in [0.15, 0.2) is 41.2 Å². The number of carbonyl (C=O) groups excluding carboxylic acids is 1. The van der Waals surface area contributed by atoms with Gasteiger partial charge in [0.1, 0.15) is 5.82 Å². The van der Waals surface area contributed by atoms with E-state index in [0.717, 1.165) is 16.8 Å². The zero-order chi connectivity index (χ0) is 22.7. The van der Waals surface area contributed by atoms with Crippen molar-refractivity contribution < 1.29 is 4.79 Å². The maximum atomic E-state index is 13.3. The standard InChI is InChI=1S/C24H29ClN4O2/c1-6-20(28(7-2)24(31)27-21-15(4)10-9-11-16(21)5)22-26-19-14-17(25)12-13-18(19)23(30)29(22)8-3/h9-14,20H,6-8H2,1-5H3,(H,27,31). The summed E-state index contributed by atoms with van der Waals surface area (Å²) in [6.45, 7) is 10.7. The smallest absolute Gasteiger partial charge is 0.315 e. The number of para-hydroxylation sites is 1. The number of nitrogens with zero attached hydrogens (tertiary/aromatic N) is 3. The van der Waals surface area contributed by atoms with Gasteiger partial charge in [0.15, 0.2) is 0 Å². The summed E-state index contributed by atoms with van der Waals surface area (Å²) in [6.07, 6.45) is 0.618. The molecule has 0 aliphatic heterocycles. The van der Waals surface area contributed by atoms with Crippen molar-refractivity contribution in [1.29, 1.82) is 0 Å². The highest BCUT2D eigenvalue weighted by atomic mass is 35.5. The summed E-state index contributed by atoms with van der Waals surface area (Å²) in [5, 5.41) is 4.11. The average Bonchev–Trinajstić information content (AvgIpc) is 2.74. The molecule has 0 spiro atoms. The average molecular weight is 441 g/mol. The number of nitrogens with one attached hydrogen (secondary N) is 1. The predicted octanol–water partition coefficient (Wildman–Crippen LogP) is 5.69. The van der Waals surface area contributed by atoms with Crippen LogP contribution >= 0.6 is 11.6 Å². The Morgan fingerprint density at radius 3 is 2.42 bits per heavy atom. The SMILES string of the molecule is CCC(c1nc2cc(Cl)ccc2c(=O)n1CC)N(CC)C(=O)Nc1c(C)cccc1C. The Morgan fingerprint density at radius 2 is 1.84 bits per heavy atom. The normalized spacial score (nSPS) is 12.1. The molecule has 0 aliphatic carbocycles. The molecule has 1 aromatic heterocycles. The van der Waals surface area contributed by atoms with Crippen molar-refractivity contribution in [3.8, 4) is 0 Å². The molecule has 1 atom stereocenters. The lowest BCUT2D eigenvalue weighted by Gasteiger charge is -2.31. The molecule has 0 radical (unpaired) electrons. The topological polar surface area (TPSA) is 67.2 Å². The molecule has 31 heavy (non-hydrogen) atoms.